The first-order valence-corrected chi connectivity index (χ1v) is 7.12. The molecular weight excluding hydrogens is 304 g/mol. The molecule has 0 saturated heterocycles. The summed E-state index contributed by atoms with van der Waals surface area (Å²) >= 11 is 3.37. The molecule has 0 atom stereocenters. The van der Waals surface area contributed by atoms with Crippen LogP contribution in [0.2, 0.25) is 0 Å². The van der Waals surface area contributed by atoms with Crippen LogP contribution in [0.4, 0.5) is 5.69 Å². The van der Waals surface area contributed by atoms with Gasteiger partial charge >= 0.3 is 0 Å². The van der Waals surface area contributed by atoms with Crippen molar-refractivity contribution >= 4 is 21.6 Å². The fraction of sp³-hybridized carbons (Fsp3) is 0.267. The van der Waals surface area contributed by atoms with E-state index >= 15 is 0 Å². The first kappa shape index (κ1) is 14.0. The number of pyridine rings is 1. The zero-order valence-electron chi connectivity index (χ0n) is 10.6. The number of nitrogens with one attached hydrogen (secondary N) is 1. The zero-order valence-corrected chi connectivity index (χ0v) is 12.2. The molecule has 4 heteroatoms. The van der Waals surface area contributed by atoms with Gasteiger partial charge in [0.05, 0.1) is 12.2 Å². The first-order valence-electron chi connectivity index (χ1n) is 6.33. The number of aromatic nitrogens is 1. The summed E-state index contributed by atoms with van der Waals surface area (Å²) in [7, 11) is 0. The van der Waals surface area contributed by atoms with Crippen LogP contribution in [0.15, 0.2) is 47.1 Å². The smallest absolute Gasteiger partial charge is 0.106 e. The summed E-state index contributed by atoms with van der Waals surface area (Å²) < 4.78 is 0.850. The maximum atomic E-state index is 8.85. The van der Waals surface area contributed by atoms with Gasteiger partial charge in [0.1, 0.15) is 4.60 Å². The predicted octanol–water partition coefficient (Wildman–Crippen LogP) is 3.38. The number of aryl methyl sites for hydroxylation is 1. The van der Waals surface area contributed by atoms with Gasteiger partial charge in [-0.1, -0.05) is 18.2 Å². The summed E-state index contributed by atoms with van der Waals surface area (Å²) in [6.07, 6.45) is 1.71. The lowest BCUT2D eigenvalue weighted by Gasteiger charge is -2.08. The van der Waals surface area contributed by atoms with Crippen molar-refractivity contribution in [1.82, 2.24) is 4.98 Å². The monoisotopic (exact) mass is 320 g/mol. The van der Waals surface area contributed by atoms with E-state index < -0.39 is 0 Å². The van der Waals surface area contributed by atoms with Crippen LogP contribution in [0.3, 0.4) is 0 Å². The molecule has 0 radical (unpaired) electrons. The van der Waals surface area contributed by atoms with Gasteiger partial charge in [-0.2, -0.15) is 0 Å². The third-order valence-corrected chi connectivity index (χ3v) is 3.24. The Morgan fingerprint density at radius 2 is 2.00 bits per heavy atom. The van der Waals surface area contributed by atoms with Crippen LogP contribution in [-0.2, 0) is 13.0 Å². The van der Waals surface area contributed by atoms with Gasteiger partial charge in [-0.25, -0.2) is 4.98 Å². The first-order chi connectivity index (χ1) is 9.28. The fourth-order valence-electron chi connectivity index (χ4n) is 1.86. The second kappa shape index (κ2) is 7.26. The lowest BCUT2D eigenvalue weighted by molar-refractivity contribution is 0.288. The largest absolute Gasteiger partial charge is 0.396 e. The summed E-state index contributed by atoms with van der Waals surface area (Å²) in [6, 6.07) is 14.2. The molecule has 0 spiro atoms. The minimum absolute atomic E-state index is 0.236. The van der Waals surface area contributed by atoms with Gasteiger partial charge in [0, 0.05) is 12.3 Å². The van der Waals surface area contributed by atoms with Gasteiger partial charge in [0.2, 0.25) is 0 Å². The number of aliphatic hydroxyl groups is 1. The SMILES string of the molecule is OCCCc1cccc(NCc2cccc(Br)n2)c1. The number of halogens is 1. The van der Waals surface area contributed by atoms with Gasteiger partial charge in [-0.05, 0) is 58.6 Å². The molecule has 2 rings (SSSR count). The lowest BCUT2D eigenvalue weighted by atomic mass is 10.1. The molecule has 100 valence electrons. The topological polar surface area (TPSA) is 45.1 Å². The van der Waals surface area contributed by atoms with Crippen molar-refractivity contribution in [3.63, 3.8) is 0 Å². The molecule has 0 amide bonds. The van der Waals surface area contributed by atoms with Crippen molar-refractivity contribution in [3.05, 3.63) is 58.3 Å². The number of benzene rings is 1. The Kier molecular flexibility index (Phi) is 5.36. The average Bonchev–Trinajstić information content (AvgIpc) is 2.43. The summed E-state index contributed by atoms with van der Waals surface area (Å²) in [5, 5.41) is 12.2. The molecule has 0 aliphatic heterocycles. The Balaban J connectivity index is 1.95. The molecule has 3 nitrogen and oxygen atoms in total. The van der Waals surface area contributed by atoms with Crippen LogP contribution in [0, 0.1) is 0 Å². The normalized spacial score (nSPS) is 10.4. The highest BCUT2D eigenvalue weighted by Crippen LogP contribution is 2.14. The highest BCUT2D eigenvalue weighted by atomic mass is 79.9. The molecule has 1 aromatic heterocycles. The van der Waals surface area contributed by atoms with Gasteiger partial charge in [-0.3, -0.25) is 0 Å². The van der Waals surface area contributed by atoms with Crippen molar-refractivity contribution in [3.8, 4) is 0 Å². The molecule has 2 aromatic rings. The van der Waals surface area contributed by atoms with Crippen LogP contribution in [-0.4, -0.2) is 16.7 Å². The number of hydrogen-bond donors (Lipinski definition) is 2. The Morgan fingerprint density at radius 3 is 2.79 bits per heavy atom. The third kappa shape index (κ3) is 4.65. The van der Waals surface area contributed by atoms with E-state index in [1.54, 1.807) is 0 Å². The highest BCUT2D eigenvalue weighted by Gasteiger charge is 1.98. The van der Waals surface area contributed by atoms with Crippen LogP contribution in [0.1, 0.15) is 17.7 Å². The summed E-state index contributed by atoms with van der Waals surface area (Å²) in [5.74, 6) is 0. The average molecular weight is 321 g/mol. The summed E-state index contributed by atoms with van der Waals surface area (Å²) in [6.45, 7) is 0.933. The molecule has 0 aliphatic carbocycles. The minimum Gasteiger partial charge on any atom is -0.396 e. The number of hydrogen-bond acceptors (Lipinski definition) is 3. The van der Waals surface area contributed by atoms with E-state index in [0.717, 1.165) is 28.8 Å². The van der Waals surface area contributed by atoms with Crippen molar-refractivity contribution in [2.45, 2.75) is 19.4 Å². The van der Waals surface area contributed by atoms with Crippen LogP contribution in [0.5, 0.6) is 0 Å². The Bertz CT molecular complexity index is 531. The molecule has 1 aromatic carbocycles. The van der Waals surface area contributed by atoms with E-state index in [4.69, 9.17) is 5.11 Å². The number of anilines is 1. The third-order valence-electron chi connectivity index (χ3n) is 2.80. The molecule has 19 heavy (non-hydrogen) atoms. The van der Waals surface area contributed by atoms with Crippen LogP contribution in [0.25, 0.3) is 0 Å². The highest BCUT2D eigenvalue weighted by molar-refractivity contribution is 9.10. The zero-order chi connectivity index (χ0) is 13.5. The number of rotatable bonds is 6. The maximum absolute atomic E-state index is 8.85. The van der Waals surface area contributed by atoms with Crippen molar-refractivity contribution in [2.75, 3.05) is 11.9 Å². The van der Waals surface area contributed by atoms with Crippen LogP contribution < -0.4 is 5.32 Å². The second-order valence-electron chi connectivity index (χ2n) is 4.33. The Morgan fingerprint density at radius 1 is 1.16 bits per heavy atom. The molecule has 1 heterocycles. The van der Waals surface area contributed by atoms with E-state index in [0.29, 0.717) is 6.54 Å². The summed E-state index contributed by atoms with van der Waals surface area (Å²) in [4.78, 5) is 4.38. The molecule has 2 N–H and O–H groups in total. The molecule has 0 unspecified atom stereocenters. The van der Waals surface area contributed by atoms with Gasteiger partial charge in [-0.15, -0.1) is 0 Å². The quantitative estimate of drug-likeness (QED) is 0.802. The molecule has 0 bridgehead atoms. The van der Waals surface area contributed by atoms with E-state index in [1.807, 2.05) is 30.3 Å². The van der Waals surface area contributed by atoms with Gasteiger partial charge < -0.3 is 10.4 Å². The maximum Gasteiger partial charge on any atom is 0.106 e. The van der Waals surface area contributed by atoms with E-state index in [2.05, 4.69) is 38.4 Å². The minimum atomic E-state index is 0.236. The molecule has 0 fully saturated rings. The standard InChI is InChI=1S/C15H17BrN2O/c16-15-8-2-7-14(18-15)11-17-13-6-1-4-12(10-13)5-3-9-19/h1-2,4,6-8,10,17,19H,3,5,9,11H2. The summed E-state index contributed by atoms with van der Waals surface area (Å²) in [5.41, 5.74) is 3.31. The molecule has 0 aliphatic rings. The molecule has 0 saturated carbocycles. The van der Waals surface area contributed by atoms with E-state index in [1.165, 1.54) is 5.56 Å². The predicted molar refractivity (Wildman–Crippen MR) is 81.1 cm³/mol. The van der Waals surface area contributed by atoms with Crippen molar-refractivity contribution in [2.24, 2.45) is 0 Å². The van der Waals surface area contributed by atoms with Crippen molar-refractivity contribution < 1.29 is 5.11 Å². The Hall–Kier alpha value is -1.39. The van der Waals surface area contributed by atoms with Crippen molar-refractivity contribution in [1.29, 1.82) is 0 Å². The van der Waals surface area contributed by atoms with Gasteiger partial charge in [0.25, 0.3) is 0 Å². The lowest BCUT2D eigenvalue weighted by Crippen LogP contribution is -2.02. The number of aliphatic hydroxyl groups excluding tert-OH is 1. The number of nitrogens with zero attached hydrogens (tertiary/aromatic N) is 1. The van der Waals surface area contributed by atoms with Gasteiger partial charge in [0.15, 0.2) is 0 Å². The van der Waals surface area contributed by atoms with E-state index in [9.17, 15) is 0 Å². The fourth-order valence-corrected chi connectivity index (χ4v) is 2.24. The molecular formula is C15H17BrN2O. The Labute approximate surface area is 121 Å². The van der Waals surface area contributed by atoms with E-state index in [-0.39, 0.29) is 6.61 Å². The van der Waals surface area contributed by atoms with Crippen LogP contribution >= 0.6 is 15.9 Å². The second-order valence-corrected chi connectivity index (χ2v) is 5.15.